The first-order chi connectivity index (χ1) is 8.53. The number of halogens is 1. The van der Waals surface area contributed by atoms with Gasteiger partial charge >= 0.3 is 0 Å². The van der Waals surface area contributed by atoms with Crippen LogP contribution >= 0.6 is 11.6 Å². The van der Waals surface area contributed by atoms with Gasteiger partial charge in [-0.25, -0.2) is 0 Å². The lowest BCUT2D eigenvalue weighted by molar-refractivity contribution is 0.0837. The van der Waals surface area contributed by atoms with Crippen LogP contribution in [0.5, 0.6) is 0 Å². The highest BCUT2D eigenvalue weighted by molar-refractivity contribution is 6.22. The number of hydrogen-bond acceptors (Lipinski definition) is 3. The van der Waals surface area contributed by atoms with Crippen LogP contribution in [0.25, 0.3) is 0 Å². The van der Waals surface area contributed by atoms with Crippen molar-refractivity contribution in [2.75, 3.05) is 0 Å². The van der Waals surface area contributed by atoms with Gasteiger partial charge in [-0.15, -0.1) is 11.6 Å². The summed E-state index contributed by atoms with van der Waals surface area (Å²) in [6.45, 7) is 0. The second-order valence-electron chi connectivity index (χ2n) is 4.53. The van der Waals surface area contributed by atoms with E-state index in [1.54, 1.807) is 12.2 Å². The Morgan fingerprint density at radius 3 is 2.76 bits per heavy atom. The molecule has 0 aromatic carbocycles. The third kappa shape index (κ3) is 3.24. The molecule has 0 aromatic heterocycles. The van der Waals surface area contributed by atoms with Crippen molar-refractivity contribution >= 4 is 11.6 Å². The predicted molar refractivity (Wildman–Crippen MR) is 67.3 cm³/mol. The Morgan fingerprint density at radius 2 is 2.18 bits per heavy atom. The summed E-state index contributed by atoms with van der Waals surface area (Å²) in [5.74, 6) is -0.725. The minimum atomic E-state index is -1.39. The molecule has 0 spiro atoms. The van der Waals surface area contributed by atoms with Gasteiger partial charge in [0.2, 0.25) is 0 Å². The van der Waals surface area contributed by atoms with Gasteiger partial charge in [-0.2, -0.15) is 5.26 Å². The molecule has 2 atom stereocenters. The van der Waals surface area contributed by atoms with Crippen LogP contribution in [0.1, 0.15) is 27.1 Å². The number of nitrogens with zero attached hydrogens (tertiary/aromatic N) is 1. The minimum absolute atomic E-state index is 0.171. The molecule has 2 rings (SSSR count). The molecule has 0 saturated heterocycles. The van der Waals surface area contributed by atoms with Gasteiger partial charge < -0.3 is 10.5 Å². The van der Waals surface area contributed by atoms with E-state index in [0.29, 0.717) is 11.8 Å². The fraction of sp³-hybridized carbons (Fsp3) is 0.615. The number of hydrogen-bond donors (Lipinski definition) is 1. The molecule has 1 fully saturated rings. The van der Waals surface area contributed by atoms with Gasteiger partial charge in [0.15, 0.2) is 0 Å². The standard InChI is InChI=1S/C13H17ClN2O/c14-13-7-12(4-1-9(13)8-15)17-11-5-2-10(16)3-6-11/h1,4,7,9-11,13H,2-3,5-6,16H2/i9D. The molecule has 2 aliphatic rings. The monoisotopic (exact) mass is 253 g/mol. The Morgan fingerprint density at radius 1 is 1.47 bits per heavy atom. The van der Waals surface area contributed by atoms with E-state index in [1.807, 2.05) is 6.07 Å². The predicted octanol–water partition coefficient (Wildman–Crippen LogP) is 2.47. The number of alkyl halides is 1. The quantitative estimate of drug-likeness (QED) is 0.769. The van der Waals surface area contributed by atoms with Crippen molar-refractivity contribution in [1.82, 2.24) is 0 Å². The smallest absolute Gasteiger partial charge is 0.116 e. The Hall–Kier alpha value is -0.980. The number of nitrogens with two attached hydrogens (primary N) is 1. The van der Waals surface area contributed by atoms with E-state index in [-0.39, 0.29) is 6.10 Å². The van der Waals surface area contributed by atoms with Crippen molar-refractivity contribution in [3.8, 4) is 6.07 Å². The number of ether oxygens (including phenoxy) is 1. The van der Waals surface area contributed by atoms with Crippen LogP contribution in [-0.2, 0) is 4.74 Å². The van der Waals surface area contributed by atoms with Gasteiger partial charge in [-0.05, 0) is 37.8 Å². The largest absolute Gasteiger partial charge is 0.491 e. The first kappa shape index (κ1) is 11.1. The maximum atomic E-state index is 8.90. The van der Waals surface area contributed by atoms with Crippen LogP contribution in [0.15, 0.2) is 24.0 Å². The van der Waals surface area contributed by atoms with E-state index in [9.17, 15) is 0 Å². The van der Waals surface area contributed by atoms with Crippen LogP contribution < -0.4 is 5.73 Å². The van der Waals surface area contributed by atoms with Crippen molar-refractivity contribution in [3.05, 3.63) is 24.0 Å². The summed E-state index contributed by atoms with van der Waals surface area (Å²) >= 11 is 6.02. The maximum Gasteiger partial charge on any atom is 0.116 e. The van der Waals surface area contributed by atoms with Crippen molar-refractivity contribution in [1.29, 1.82) is 5.26 Å². The zero-order chi connectivity index (χ0) is 13.2. The lowest BCUT2D eigenvalue weighted by Gasteiger charge is -2.28. The Bertz CT molecular complexity index is 410. The molecule has 0 amide bonds. The minimum Gasteiger partial charge on any atom is -0.491 e. The number of nitriles is 1. The van der Waals surface area contributed by atoms with E-state index < -0.39 is 11.3 Å². The summed E-state index contributed by atoms with van der Waals surface area (Å²) in [5, 5.41) is 8.23. The molecular formula is C13H17ClN2O. The van der Waals surface area contributed by atoms with E-state index in [2.05, 4.69) is 0 Å². The highest BCUT2D eigenvalue weighted by atomic mass is 35.5. The van der Waals surface area contributed by atoms with Crippen LogP contribution in [-0.4, -0.2) is 17.5 Å². The van der Waals surface area contributed by atoms with Crippen molar-refractivity contribution in [2.24, 2.45) is 11.6 Å². The maximum absolute atomic E-state index is 8.90. The van der Waals surface area contributed by atoms with Gasteiger partial charge in [-0.3, -0.25) is 0 Å². The molecule has 2 unspecified atom stereocenters. The summed E-state index contributed by atoms with van der Waals surface area (Å²) in [6, 6.07) is 2.18. The second-order valence-corrected chi connectivity index (χ2v) is 5.00. The first-order valence-electron chi connectivity index (χ1n) is 6.42. The molecule has 92 valence electrons. The van der Waals surface area contributed by atoms with Gasteiger partial charge in [0, 0.05) is 6.04 Å². The topological polar surface area (TPSA) is 59.0 Å². The SMILES string of the molecule is [2H]C1(C#N)C=CC(OC2CCC(N)CC2)=CC1Cl. The molecule has 0 bridgehead atoms. The molecule has 0 radical (unpaired) electrons. The lowest BCUT2D eigenvalue weighted by Crippen LogP contribution is -2.30. The first-order valence-corrected chi connectivity index (χ1v) is 6.36. The van der Waals surface area contributed by atoms with Crippen LogP contribution in [0.4, 0.5) is 0 Å². The Labute approximate surface area is 108 Å². The average molecular weight is 254 g/mol. The van der Waals surface area contributed by atoms with Gasteiger partial charge in [0.25, 0.3) is 0 Å². The van der Waals surface area contributed by atoms with Gasteiger partial charge in [0.1, 0.15) is 5.76 Å². The second kappa shape index (κ2) is 5.57. The zero-order valence-corrected chi connectivity index (χ0v) is 10.4. The molecule has 2 N–H and O–H groups in total. The highest BCUT2D eigenvalue weighted by Crippen LogP contribution is 2.26. The van der Waals surface area contributed by atoms with E-state index in [4.69, 9.17) is 28.7 Å². The fourth-order valence-electron chi connectivity index (χ4n) is 2.13. The molecule has 0 aromatic rings. The lowest BCUT2D eigenvalue weighted by atomic mass is 9.93. The molecule has 2 aliphatic carbocycles. The third-order valence-corrected chi connectivity index (χ3v) is 3.55. The number of allylic oxidation sites excluding steroid dienone is 3. The molecule has 0 heterocycles. The molecule has 4 heteroatoms. The Balaban J connectivity index is 1.95. The molecule has 0 aliphatic heterocycles. The van der Waals surface area contributed by atoms with Crippen molar-refractivity contribution in [2.45, 2.75) is 43.2 Å². The van der Waals surface area contributed by atoms with E-state index >= 15 is 0 Å². The summed E-state index contributed by atoms with van der Waals surface area (Å²) in [4.78, 5) is 0. The summed E-state index contributed by atoms with van der Waals surface area (Å²) in [7, 11) is 0. The highest BCUT2D eigenvalue weighted by Gasteiger charge is 2.23. The molecule has 3 nitrogen and oxygen atoms in total. The van der Waals surface area contributed by atoms with E-state index in [0.717, 1.165) is 25.7 Å². The molecular weight excluding hydrogens is 236 g/mol. The van der Waals surface area contributed by atoms with Gasteiger partial charge in [-0.1, -0.05) is 6.08 Å². The van der Waals surface area contributed by atoms with Gasteiger partial charge in [0.05, 0.1) is 24.8 Å². The normalized spacial score (nSPS) is 42.3. The summed E-state index contributed by atoms with van der Waals surface area (Å²) in [5.41, 5.74) is 5.84. The molecule has 17 heavy (non-hydrogen) atoms. The van der Waals surface area contributed by atoms with Crippen LogP contribution in [0.3, 0.4) is 0 Å². The van der Waals surface area contributed by atoms with Crippen molar-refractivity contribution < 1.29 is 6.11 Å². The summed E-state index contributed by atoms with van der Waals surface area (Å²) in [6.07, 6.45) is 8.83. The average Bonchev–Trinajstić information content (AvgIpc) is 2.37. The van der Waals surface area contributed by atoms with Crippen LogP contribution in [0.2, 0.25) is 0 Å². The van der Waals surface area contributed by atoms with Crippen LogP contribution in [0, 0.1) is 17.2 Å². The van der Waals surface area contributed by atoms with E-state index in [1.165, 1.54) is 6.08 Å². The molecule has 1 saturated carbocycles. The Kier molecular flexibility index (Phi) is 3.65. The fourth-order valence-corrected chi connectivity index (χ4v) is 2.38. The third-order valence-electron chi connectivity index (χ3n) is 3.19. The zero-order valence-electron chi connectivity index (χ0n) is 10.6. The summed E-state index contributed by atoms with van der Waals surface area (Å²) < 4.78 is 13.6. The van der Waals surface area contributed by atoms with Crippen molar-refractivity contribution in [3.63, 3.8) is 0 Å². The number of rotatable bonds is 2.